The van der Waals surface area contributed by atoms with Gasteiger partial charge in [-0.05, 0) is 6.92 Å². The first kappa shape index (κ1) is 7.84. The fourth-order valence-corrected chi connectivity index (χ4v) is 0.533. The van der Waals surface area contributed by atoms with Crippen LogP contribution in [0.25, 0.3) is 0 Å². The molecule has 0 amide bonds. The van der Waals surface area contributed by atoms with Gasteiger partial charge in [-0.25, -0.2) is 0 Å². The zero-order valence-corrected chi connectivity index (χ0v) is 5.77. The summed E-state index contributed by atoms with van der Waals surface area (Å²) >= 11 is 0. The summed E-state index contributed by atoms with van der Waals surface area (Å²) in [5, 5.41) is 0. The number of hydrogen-bond donors (Lipinski definition) is 0. The number of hydrogen-bond acceptors (Lipinski definition) is 3. The minimum Gasteiger partial charge on any atom is -0.476 e. The quantitative estimate of drug-likeness (QED) is 0.602. The highest BCUT2D eigenvalue weighted by Gasteiger charge is 2.10. The van der Waals surface area contributed by atoms with E-state index in [1.165, 1.54) is 0 Å². The first-order valence-corrected chi connectivity index (χ1v) is 2.97. The summed E-state index contributed by atoms with van der Waals surface area (Å²) < 4.78 is 29.4. The third kappa shape index (κ3) is 1.60. The Morgan fingerprint density at radius 3 is 2.82 bits per heavy atom. The first-order valence-electron chi connectivity index (χ1n) is 2.97. The molecule has 11 heavy (non-hydrogen) atoms. The highest BCUT2D eigenvalue weighted by molar-refractivity contribution is 5.09. The van der Waals surface area contributed by atoms with Crippen LogP contribution in [0.3, 0.4) is 0 Å². The first-order chi connectivity index (χ1) is 5.25. The molecule has 0 aliphatic rings. The Hall–Kier alpha value is -1.26. The molecule has 59 valence electrons. The molecule has 0 aromatic carbocycles. The number of halogens is 2. The van der Waals surface area contributed by atoms with Crippen LogP contribution in [0.15, 0.2) is 0 Å². The molecule has 0 bridgehead atoms. The van der Waals surface area contributed by atoms with Gasteiger partial charge in [0.05, 0.1) is 6.61 Å². The molecular formula is C6H5F2N2O. The van der Waals surface area contributed by atoms with Gasteiger partial charge in [0.1, 0.15) is 0 Å². The lowest BCUT2D eigenvalue weighted by Gasteiger charge is -2.00. The second kappa shape index (κ2) is 3.23. The highest BCUT2D eigenvalue weighted by Crippen LogP contribution is 2.12. The second-order valence-electron chi connectivity index (χ2n) is 1.67. The van der Waals surface area contributed by atoms with Crippen molar-refractivity contribution in [1.29, 1.82) is 0 Å². The van der Waals surface area contributed by atoms with Gasteiger partial charge in [-0.1, -0.05) is 0 Å². The summed E-state index contributed by atoms with van der Waals surface area (Å²) in [7, 11) is 0. The molecular weight excluding hydrogens is 154 g/mol. The van der Waals surface area contributed by atoms with Gasteiger partial charge < -0.3 is 4.74 Å². The summed E-state index contributed by atoms with van der Waals surface area (Å²) in [6.07, 6.45) is 1.91. The van der Waals surface area contributed by atoms with Crippen molar-refractivity contribution in [2.75, 3.05) is 6.61 Å². The molecule has 0 unspecified atom stereocenters. The molecule has 1 aromatic rings. The summed E-state index contributed by atoms with van der Waals surface area (Å²) in [6, 6.07) is 0. The molecule has 1 heterocycles. The fourth-order valence-electron chi connectivity index (χ4n) is 0.533. The maximum Gasteiger partial charge on any atom is 0.257 e. The lowest BCUT2D eigenvalue weighted by molar-refractivity contribution is 0.295. The van der Waals surface area contributed by atoms with Gasteiger partial charge in [-0.3, -0.25) is 0 Å². The standard InChI is InChI=1S/C6H5F2N2O/c1-2-11-6-4(7)5(8)9-3-10-6/h2H2,1H3. The van der Waals surface area contributed by atoms with Gasteiger partial charge in [0, 0.05) is 0 Å². The van der Waals surface area contributed by atoms with Gasteiger partial charge >= 0.3 is 0 Å². The number of rotatable bonds is 2. The van der Waals surface area contributed by atoms with Crippen LogP contribution in [0.2, 0.25) is 0 Å². The van der Waals surface area contributed by atoms with E-state index in [9.17, 15) is 8.78 Å². The largest absolute Gasteiger partial charge is 0.476 e. The van der Waals surface area contributed by atoms with E-state index in [-0.39, 0.29) is 6.61 Å². The molecule has 3 nitrogen and oxygen atoms in total. The van der Waals surface area contributed by atoms with Gasteiger partial charge in [0.2, 0.25) is 12.1 Å². The van der Waals surface area contributed by atoms with Crippen LogP contribution in [0.5, 0.6) is 5.88 Å². The van der Waals surface area contributed by atoms with E-state index in [0.29, 0.717) is 0 Å². The van der Waals surface area contributed by atoms with Crippen LogP contribution in [-0.4, -0.2) is 16.6 Å². The van der Waals surface area contributed by atoms with Crippen molar-refractivity contribution >= 4 is 0 Å². The van der Waals surface area contributed by atoms with Gasteiger partial charge in [0.15, 0.2) is 0 Å². The zero-order valence-electron chi connectivity index (χ0n) is 5.77. The minimum atomic E-state index is -1.25. The fraction of sp³-hybridized carbons (Fsp3) is 0.333. The predicted octanol–water partition coefficient (Wildman–Crippen LogP) is 0.954. The second-order valence-corrected chi connectivity index (χ2v) is 1.67. The van der Waals surface area contributed by atoms with E-state index >= 15 is 0 Å². The van der Waals surface area contributed by atoms with E-state index in [2.05, 4.69) is 14.7 Å². The molecule has 5 heteroatoms. The van der Waals surface area contributed by atoms with Crippen molar-refractivity contribution in [1.82, 2.24) is 9.97 Å². The molecule has 0 atom stereocenters. The Labute approximate surface area is 62.0 Å². The molecule has 0 saturated heterocycles. The van der Waals surface area contributed by atoms with E-state index in [1.807, 2.05) is 6.33 Å². The molecule has 0 aliphatic heterocycles. The molecule has 0 aliphatic carbocycles. The van der Waals surface area contributed by atoms with E-state index in [4.69, 9.17) is 0 Å². The molecule has 0 spiro atoms. The van der Waals surface area contributed by atoms with Gasteiger partial charge in [-0.2, -0.15) is 18.7 Å². The van der Waals surface area contributed by atoms with Crippen LogP contribution in [0.1, 0.15) is 6.92 Å². The van der Waals surface area contributed by atoms with Gasteiger partial charge in [0.25, 0.3) is 11.8 Å². The van der Waals surface area contributed by atoms with Crippen molar-refractivity contribution < 1.29 is 13.5 Å². The lowest BCUT2D eigenvalue weighted by Crippen LogP contribution is -2.01. The third-order valence-corrected chi connectivity index (χ3v) is 0.950. The molecule has 1 rings (SSSR count). The Bertz CT molecular complexity index is 254. The normalized spacial score (nSPS) is 9.73. The smallest absolute Gasteiger partial charge is 0.257 e. The zero-order chi connectivity index (χ0) is 8.27. The maximum absolute atomic E-state index is 12.5. The van der Waals surface area contributed by atoms with Crippen LogP contribution < -0.4 is 4.74 Å². The average Bonchev–Trinajstić information content (AvgIpc) is 1.99. The maximum atomic E-state index is 12.5. The highest BCUT2D eigenvalue weighted by atomic mass is 19.2. The van der Waals surface area contributed by atoms with Crippen LogP contribution in [0, 0.1) is 18.1 Å². The van der Waals surface area contributed by atoms with E-state index in [0.717, 1.165) is 0 Å². The molecule has 0 saturated carbocycles. The summed E-state index contributed by atoms with van der Waals surface area (Å²) in [5.74, 6) is -2.82. The Morgan fingerprint density at radius 1 is 1.45 bits per heavy atom. The van der Waals surface area contributed by atoms with Crippen molar-refractivity contribution in [2.45, 2.75) is 6.92 Å². The van der Waals surface area contributed by atoms with E-state index in [1.54, 1.807) is 6.92 Å². The summed E-state index contributed by atoms with van der Waals surface area (Å²) in [5.41, 5.74) is 0. The van der Waals surface area contributed by atoms with Crippen molar-refractivity contribution in [3.8, 4) is 5.88 Å². The number of nitrogens with zero attached hydrogens (tertiary/aromatic N) is 2. The molecule has 0 fully saturated rings. The van der Waals surface area contributed by atoms with Crippen molar-refractivity contribution in [3.05, 3.63) is 18.1 Å². The lowest BCUT2D eigenvalue weighted by atomic mass is 10.6. The number of aromatic nitrogens is 2. The topological polar surface area (TPSA) is 35.0 Å². The Kier molecular flexibility index (Phi) is 2.30. The van der Waals surface area contributed by atoms with Crippen LogP contribution in [-0.2, 0) is 0 Å². The van der Waals surface area contributed by atoms with Crippen molar-refractivity contribution in [2.24, 2.45) is 0 Å². The molecule has 1 radical (unpaired) electrons. The average molecular weight is 159 g/mol. The monoisotopic (exact) mass is 159 g/mol. The van der Waals surface area contributed by atoms with Crippen LogP contribution in [0.4, 0.5) is 8.78 Å². The van der Waals surface area contributed by atoms with Crippen molar-refractivity contribution in [3.63, 3.8) is 0 Å². The third-order valence-electron chi connectivity index (χ3n) is 0.950. The number of ether oxygens (including phenoxy) is 1. The minimum absolute atomic E-state index is 0.223. The molecule has 0 N–H and O–H groups in total. The summed E-state index contributed by atoms with van der Waals surface area (Å²) in [4.78, 5) is 6.12. The Morgan fingerprint density at radius 2 is 2.18 bits per heavy atom. The van der Waals surface area contributed by atoms with Crippen LogP contribution >= 0.6 is 0 Å². The van der Waals surface area contributed by atoms with Gasteiger partial charge in [-0.15, -0.1) is 0 Å². The summed E-state index contributed by atoms with van der Waals surface area (Å²) in [6.45, 7) is 1.86. The predicted molar refractivity (Wildman–Crippen MR) is 32.0 cm³/mol. The Balaban J connectivity index is 2.96. The molecule has 1 aromatic heterocycles. The van der Waals surface area contributed by atoms with E-state index < -0.39 is 17.6 Å². The SMILES string of the molecule is CCOc1n[c]nc(F)c1F.